The Morgan fingerprint density at radius 2 is 1.45 bits per heavy atom. The van der Waals surface area contributed by atoms with E-state index in [2.05, 4.69) is 159 Å². The van der Waals surface area contributed by atoms with Crippen molar-refractivity contribution in [3.63, 3.8) is 0 Å². The van der Waals surface area contributed by atoms with Gasteiger partial charge in [0.25, 0.3) is 0 Å². The van der Waals surface area contributed by atoms with Gasteiger partial charge in [-0.15, -0.1) is 24.3 Å². The van der Waals surface area contributed by atoms with Crippen LogP contribution in [0.5, 0.6) is 0 Å². The second-order valence-corrected chi connectivity index (χ2v) is 14.2. The van der Waals surface area contributed by atoms with E-state index < -0.39 is 0 Å². The Morgan fingerprint density at radius 3 is 2.13 bits per heavy atom. The number of nitrogens with zero attached hydrogens (tertiary/aromatic N) is 5. The molecule has 0 bridgehead atoms. The van der Waals surface area contributed by atoms with Crippen LogP contribution in [0, 0.1) is 12.7 Å². The van der Waals surface area contributed by atoms with E-state index >= 15 is 0 Å². The van der Waals surface area contributed by atoms with Gasteiger partial charge in [-0.2, -0.15) is 11.6 Å². The van der Waals surface area contributed by atoms with Crippen molar-refractivity contribution in [3.8, 4) is 11.4 Å². The minimum absolute atomic E-state index is 0. The number of benzene rings is 4. The number of imidazole rings is 1. The summed E-state index contributed by atoms with van der Waals surface area (Å²) in [5, 5.41) is 0. The third-order valence-corrected chi connectivity index (χ3v) is 10.3. The van der Waals surface area contributed by atoms with Crippen molar-refractivity contribution >= 4 is 47.8 Å². The fourth-order valence-corrected chi connectivity index (χ4v) is 7.91. The van der Waals surface area contributed by atoms with Gasteiger partial charge >= 0.3 is 27.1 Å². The van der Waals surface area contributed by atoms with Gasteiger partial charge in [-0.05, 0) is 65.4 Å². The molecule has 47 heavy (non-hydrogen) atoms. The Hall–Kier alpha value is -3.58. The van der Waals surface area contributed by atoms with E-state index in [1.54, 1.807) is 0 Å². The van der Waals surface area contributed by atoms with Crippen LogP contribution in [-0.2, 0) is 38.1 Å². The van der Waals surface area contributed by atoms with Crippen LogP contribution in [0.15, 0.2) is 90.1 Å². The zero-order valence-corrected chi connectivity index (χ0v) is 31.6. The van der Waals surface area contributed by atoms with E-state index in [4.69, 9.17) is 12.6 Å². The molecular formula is C39H41BIrN5S. The van der Waals surface area contributed by atoms with Crippen molar-refractivity contribution in [1.29, 1.82) is 0 Å². The standard InChI is InChI=1S/C22H25BN3.C17H17N2S.Ir/c1-15(2)17-10-8-11-18(16(3)4)21(17)23-25(5)20-12-7-6-9-19(20)22-24-13-14-26(22)23;1-17(2)11-6-4-8-13-15(11)19(10-18(13)3)16-12(17)7-5-9-14(16)20;/h6-8,10-16H,1-5H3;4-10,20H,1-3H3;/q2*-1;+3/p-1. The third kappa shape index (κ3) is 5.20. The zero-order valence-electron chi connectivity index (χ0n) is 28.4. The van der Waals surface area contributed by atoms with E-state index in [0.29, 0.717) is 11.8 Å². The minimum atomic E-state index is -0.0228. The number of hydrogen-bond acceptors (Lipinski definition) is 5. The van der Waals surface area contributed by atoms with Crippen LogP contribution < -0.4 is 20.1 Å². The van der Waals surface area contributed by atoms with Gasteiger partial charge in [0.2, 0.25) is 0 Å². The molecule has 5 aromatic rings. The molecule has 4 heterocycles. The Bertz CT molecular complexity index is 1920. The first-order valence-corrected chi connectivity index (χ1v) is 16.6. The van der Waals surface area contributed by atoms with Crippen molar-refractivity contribution in [1.82, 2.24) is 9.46 Å². The van der Waals surface area contributed by atoms with Crippen LogP contribution in [0.2, 0.25) is 0 Å². The molecule has 4 aromatic carbocycles. The molecule has 0 fully saturated rings. The van der Waals surface area contributed by atoms with Crippen molar-refractivity contribution in [2.45, 2.75) is 63.7 Å². The number of para-hydroxylation sites is 2. The average Bonchev–Trinajstić information content (AvgIpc) is 3.66. The van der Waals surface area contributed by atoms with E-state index in [0.717, 1.165) is 22.0 Å². The molecule has 0 radical (unpaired) electrons. The summed E-state index contributed by atoms with van der Waals surface area (Å²) in [5.41, 5.74) is 12.8. The normalized spacial score (nSPS) is 15.0. The molecule has 240 valence electrons. The second-order valence-electron chi connectivity index (χ2n) is 13.8. The van der Waals surface area contributed by atoms with Crippen LogP contribution >= 0.6 is 0 Å². The maximum atomic E-state index is 5.60. The van der Waals surface area contributed by atoms with Gasteiger partial charge in [-0.1, -0.05) is 101 Å². The molecule has 0 saturated heterocycles. The second kappa shape index (κ2) is 12.5. The number of fused-ring (bicyclic) bond motifs is 5. The third-order valence-electron chi connectivity index (χ3n) is 9.92. The number of anilines is 4. The molecule has 1 aromatic heterocycles. The topological polar surface area (TPSA) is 27.5 Å². The van der Waals surface area contributed by atoms with Gasteiger partial charge in [0.15, 0.2) is 0 Å². The molecule has 5 nitrogen and oxygen atoms in total. The summed E-state index contributed by atoms with van der Waals surface area (Å²) in [7, 11) is 4.27. The van der Waals surface area contributed by atoms with Gasteiger partial charge in [-0.25, -0.2) is 0 Å². The van der Waals surface area contributed by atoms with Crippen LogP contribution in [0.4, 0.5) is 22.7 Å². The summed E-state index contributed by atoms with van der Waals surface area (Å²) in [6.07, 6.45) is 4.00. The molecule has 0 aliphatic carbocycles. The Kier molecular flexibility index (Phi) is 8.84. The van der Waals surface area contributed by atoms with Gasteiger partial charge in [-0.3, -0.25) is 4.98 Å². The van der Waals surface area contributed by atoms with E-state index in [-0.39, 0.29) is 32.5 Å². The molecule has 3 aliphatic heterocycles. The minimum Gasteiger partial charge on any atom is -0.778 e. The smallest absolute Gasteiger partial charge is 0.778 e. The molecule has 8 heteroatoms. The van der Waals surface area contributed by atoms with Gasteiger partial charge in [0, 0.05) is 35.0 Å². The SMILES string of the molecule is CC(C)c1cccc(C(C)C)c1B1N(C)c2ccc[c-]c2-c2nccn21.CN1[CH-]N2c3c([S-])cccc3C(C)(C)c3cccc1c32.[Ir+3]. The molecule has 3 aliphatic rings. The quantitative estimate of drug-likeness (QED) is 0.104. The molecule has 0 amide bonds. The first kappa shape index (κ1) is 33.3. The van der Waals surface area contributed by atoms with E-state index in [1.165, 1.54) is 44.8 Å². The fourth-order valence-electron chi connectivity index (χ4n) is 7.62. The zero-order chi connectivity index (χ0) is 32.5. The average molecular weight is 815 g/mol. The first-order chi connectivity index (χ1) is 22.0. The predicted molar refractivity (Wildman–Crippen MR) is 196 cm³/mol. The number of hydrogen-bond donors (Lipinski definition) is 0. The largest absolute Gasteiger partial charge is 3.00 e. The predicted octanol–water partition coefficient (Wildman–Crippen LogP) is 8.23. The van der Waals surface area contributed by atoms with E-state index in [1.807, 2.05) is 18.3 Å². The van der Waals surface area contributed by atoms with Gasteiger partial charge in [0.05, 0.1) is 0 Å². The first-order valence-electron chi connectivity index (χ1n) is 16.2. The number of aromatic nitrogens is 2. The van der Waals surface area contributed by atoms with Gasteiger partial charge in [0.1, 0.15) is 0 Å². The molecule has 8 rings (SSSR count). The van der Waals surface area contributed by atoms with Crippen molar-refractivity contribution in [3.05, 3.63) is 120 Å². The summed E-state index contributed by atoms with van der Waals surface area (Å²) in [5.74, 6) is 1.93. The van der Waals surface area contributed by atoms with E-state index in [9.17, 15) is 0 Å². The van der Waals surface area contributed by atoms with Crippen molar-refractivity contribution in [2.24, 2.45) is 0 Å². The fraction of sp³-hybridized carbons (Fsp3) is 0.282. The van der Waals surface area contributed by atoms with Gasteiger partial charge < -0.3 is 31.7 Å². The van der Waals surface area contributed by atoms with Crippen LogP contribution in [-0.4, -0.2) is 30.5 Å². The van der Waals surface area contributed by atoms with Crippen LogP contribution in [0.25, 0.3) is 11.4 Å². The summed E-state index contributed by atoms with van der Waals surface area (Å²) in [4.78, 5) is 12.4. The molecule has 0 spiro atoms. The maximum Gasteiger partial charge on any atom is 3.00 e. The summed E-state index contributed by atoms with van der Waals surface area (Å²) in [6, 6.07) is 29.2. The number of rotatable bonds is 3. The monoisotopic (exact) mass is 815 g/mol. The molecule has 0 unspecified atom stereocenters. The Balaban J connectivity index is 0.000000166. The summed E-state index contributed by atoms with van der Waals surface area (Å²) >= 11 is 5.60. The summed E-state index contributed by atoms with van der Waals surface area (Å²) in [6.45, 7) is 15.9. The van der Waals surface area contributed by atoms with Crippen molar-refractivity contribution < 1.29 is 20.1 Å². The molecule has 0 N–H and O–H groups in total. The maximum absolute atomic E-state index is 5.60. The Morgan fingerprint density at radius 1 is 0.830 bits per heavy atom. The molecule has 0 atom stereocenters. The summed E-state index contributed by atoms with van der Waals surface area (Å²) < 4.78 is 2.30. The van der Waals surface area contributed by atoms with Crippen LogP contribution in [0.1, 0.15) is 75.6 Å². The van der Waals surface area contributed by atoms with Crippen LogP contribution in [0.3, 0.4) is 0 Å². The van der Waals surface area contributed by atoms with Crippen molar-refractivity contribution in [2.75, 3.05) is 28.7 Å². The molecule has 0 saturated carbocycles. The Labute approximate surface area is 299 Å². The molecular weight excluding hydrogens is 774 g/mol.